The van der Waals surface area contributed by atoms with Gasteiger partial charge in [0.2, 0.25) is 5.91 Å². The quantitative estimate of drug-likeness (QED) is 0.858. The number of carbonyl (C=O) groups is 1. The molecule has 0 saturated carbocycles. The van der Waals surface area contributed by atoms with E-state index in [2.05, 4.69) is 5.32 Å². The number of hydrogen-bond acceptors (Lipinski definition) is 2. The Hall–Kier alpha value is -1.49. The van der Waals surface area contributed by atoms with E-state index in [0.717, 1.165) is 12.1 Å². The van der Waals surface area contributed by atoms with Gasteiger partial charge in [-0.05, 0) is 25.2 Å². The molecule has 1 N–H and O–H groups in total. The Morgan fingerprint density at radius 1 is 1.24 bits per heavy atom. The van der Waals surface area contributed by atoms with Crippen LogP contribution in [0.2, 0.25) is 0 Å². The maximum Gasteiger partial charge on any atom is 0.238 e. The summed E-state index contributed by atoms with van der Waals surface area (Å²) in [7, 11) is 0. The Balaban J connectivity index is 2.68. The monoisotopic (exact) mass is 242 g/mol. The van der Waals surface area contributed by atoms with Crippen LogP contribution in [0, 0.1) is 11.6 Å². The number of nitrogens with one attached hydrogen (secondary N) is 1. The Bertz CT molecular complexity index is 372. The lowest BCUT2D eigenvalue weighted by atomic mass is 10.3. The van der Waals surface area contributed by atoms with Gasteiger partial charge in [-0.25, -0.2) is 8.78 Å². The van der Waals surface area contributed by atoms with E-state index in [1.54, 1.807) is 0 Å². The van der Waals surface area contributed by atoms with Gasteiger partial charge in [0.1, 0.15) is 17.3 Å². The van der Waals surface area contributed by atoms with Crippen LogP contribution in [0.25, 0.3) is 0 Å². The summed E-state index contributed by atoms with van der Waals surface area (Å²) in [5, 5.41) is 2.25. The number of rotatable bonds is 5. The number of amides is 1. The topological polar surface area (TPSA) is 32.3 Å². The van der Waals surface area contributed by atoms with Crippen LogP contribution in [0.15, 0.2) is 18.2 Å². The lowest BCUT2D eigenvalue weighted by molar-refractivity contribution is -0.117. The molecule has 0 bridgehead atoms. The molecule has 0 saturated heterocycles. The smallest absolute Gasteiger partial charge is 0.238 e. The minimum atomic E-state index is -0.766. The number of benzene rings is 1. The molecule has 0 spiro atoms. The van der Waals surface area contributed by atoms with E-state index >= 15 is 0 Å². The molecule has 0 aliphatic rings. The van der Waals surface area contributed by atoms with Gasteiger partial charge in [0.05, 0.1) is 6.54 Å². The van der Waals surface area contributed by atoms with Crippen LogP contribution in [0.4, 0.5) is 14.5 Å². The Morgan fingerprint density at radius 3 is 2.24 bits per heavy atom. The van der Waals surface area contributed by atoms with Gasteiger partial charge in [-0.1, -0.05) is 19.9 Å². The summed E-state index contributed by atoms with van der Waals surface area (Å²) >= 11 is 0. The van der Waals surface area contributed by atoms with E-state index < -0.39 is 17.5 Å². The van der Waals surface area contributed by atoms with Crippen molar-refractivity contribution in [1.82, 2.24) is 4.90 Å². The fourth-order valence-electron chi connectivity index (χ4n) is 1.45. The molecule has 1 aromatic carbocycles. The standard InChI is InChI=1S/C12H16F2N2O/c1-3-16(4-2)8-11(17)15-12-9(13)6-5-7-10(12)14/h5-7H,3-4,8H2,1-2H3,(H,15,17). The fourth-order valence-corrected chi connectivity index (χ4v) is 1.45. The van der Waals surface area contributed by atoms with Crippen LogP contribution in [0.5, 0.6) is 0 Å². The third-order valence-corrected chi connectivity index (χ3v) is 2.49. The van der Waals surface area contributed by atoms with Gasteiger partial charge < -0.3 is 5.32 Å². The highest BCUT2D eigenvalue weighted by Gasteiger charge is 2.13. The normalized spacial score (nSPS) is 10.6. The van der Waals surface area contributed by atoms with Gasteiger partial charge >= 0.3 is 0 Å². The molecule has 0 fully saturated rings. The highest BCUT2D eigenvalue weighted by atomic mass is 19.1. The molecule has 0 radical (unpaired) electrons. The molecule has 0 aromatic heterocycles. The Kier molecular flexibility index (Phi) is 5.03. The zero-order valence-electron chi connectivity index (χ0n) is 9.96. The first-order valence-electron chi connectivity index (χ1n) is 5.54. The minimum Gasteiger partial charge on any atom is -0.320 e. The van der Waals surface area contributed by atoms with Gasteiger partial charge in [-0.3, -0.25) is 9.69 Å². The summed E-state index contributed by atoms with van der Waals surface area (Å²) in [6.45, 7) is 5.38. The van der Waals surface area contributed by atoms with Crippen LogP contribution >= 0.6 is 0 Å². The molecule has 0 aliphatic heterocycles. The largest absolute Gasteiger partial charge is 0.320 e. The molecule has 0 aliphatic carbocycles. The van der Waals surface area contributed by atoms with Gasteiger partial charge in [0.25, 0.3) is 0 Å². The first-order valence-corrected chi connectivity index (χ1v) is 5.54. The van der Waals surface area contributed by atoms with E-state index in [0.29, 0.717) is 13.1 Å². The SMILES string of the molecule is CCN(CC)CC(=O)Nc1c(F)cccc1F. The molecular formula is C12H16F2N2O. The van der Waals surface area contributed by atoms with Crippen molar-refractivity contribution in [3.8, 4) is 0 Å². The number of carbonyl (C=O) groups excluding carboxylic acids is 1. The number of nitrogens with zero attached hydrogens (tertiary/aromatic N) is 1. The van der Waals surface area contributed by atoms with Crippen molar-refractivity contribution in [2.24, 2.45) is 0 Å². The summed E-state index contributed by atoms with van der Waals surface area (Å²) in [6.07, 6.45) is 0. The first kappa shape index (κ1) is 13.6. The summed E-state index contributed by atoms with van der Waals surface area (Å²) in [6, 6.07) is 3.47. The zero-order chi connectivity index (χ0) is 12.8. The van der Waals surface area contributed by atoms with E-state index in [9.17, 15) is 13.6 Å². The molecule has 1 rings (SSSR count). The average Bonchev–Trinajstić information content (AvgIpc) is 2.31. The highest BCUT2D eigenvalue weighted by Crippen LogP contribution is 2.17. The molecule has 17 heavy (non-hydrogen) atoms. The van der Waals surface area contributed by atoms with Gasteiger partial charge in [-0.2, -0.15) is 0 Å². The predicted octanol–water partition coefficient (Wildman–Crippen LogP) is 2.25. The van der Waals surface area contributed by atoms with E-state index in [1.165, 1.54) is 6.07 Å². The van der Waals surface area contributed by atoms with Crippen LogP contribution in [-0.4, -0.2) is 30.4 Å². The summed E-state index contributed by atoms with van der Waals surface area (Å²) < 4.78 is 26.5. The maximum absolute atomic E-state index is 13.2. The van der Waals surface area contributed by atoms with Crippen LogP contribution in [0.1, 0.15) is 13.8 Å². The molecule has 1 aromatic rings. The van der Waals surface area contributed by atoms with Crippen molar-refractivity contribution in [1.29, 1.82) is 0 Å². The van der Waals surface area contributed by atoms with Gasteiger partial charge in [0, 0.05) is 0 Å². The van der Waals surface area contributed by atoms with Crippen LogP contribution in [0.3, 0.4) is 0 Å². The second-order valence-electron chi connectivity index (χ2n) is 3.61. The average molecular weight is 242 g/mol. The van der Waals surface area contributed by atoms with E-state index in [-0.39, 0.29) is 12.2 Å². The van der Waals surface area contributed by atoms with Crippen LogP contribution < -0.4 is 5.32 Å². The van der Waals surface area contributed by atoms with E-state index in [4.69, 9.17) is 0 Å². The molecule has 0 heterocycles. The minimum absolute atomic E-state index is 0.126. The van der Waals surface area contributed by atoms with Crippen molar-refractivity contribution in [3.05, 3.63) is 29.8 Å². The highest BCUT2D eigenvalue weighted by molar-refractivity contribution is 5.92. The second kappa shape index (κ2) is 6.30. The molecule has 5 heteroatoms. The van der Waals surface area contributed by atoms with Gasteiger partial charge in [-0.15, -0.1) is 0 Å². The summed E-state index contributed by atoms with van der Waals surface area (Å²) in [5.74, 6) is -1.95. The maximum atomic E-state index is 13.2. The molecule has 1 amide bonds. The van der Waals surface area contributed by atoms with Crippen molar-refractivity contribution < 1.29 is 13.6 Å². The van der Waals surface area contributed by atoms with Crippen molar-refractivity contribution in [2.45, 2.75) is 13.8 Å². The Labute approximate surface area is 99.4 Å². The number of para-hydroxylation sites is 1. The van der Waals surface area contributed by atoms with Crippen molar-refractivity contribution >= 4 is 11.6 Å². The van der Waals surface area contributed by atoms with Crippen LogP contribution in [-0.2, 0) is 4.79 Å². The summed E-state index contributed by atoms with van der Waals surface area (Å²) in [4.78, 5) is 13.4. The lowest BCUT2D eigenvalue weighted by Gasteiger charge is -2.17. The van der Waals surface area contributed by atoms with Gasteiger partial charge in [0.15, 0.2) is 0 Å². The second-order valence-corrected chi connectivity index (χ2v) is 3.61. The zero-order valence-corrected chi connectivity index (χ0v) is 9.96. The number of anilines is 1. The number of halogens is 2. The molecular weight excluding hydrogens is 226 g/mol. The molecule has 3 nitrogen and oxygen atoms in total. The molecule has 94 valence electrons. The number of hydrogen-bond donors (Lipinski definition) is 1. The third kappa shape index (κ3) is 3.78. The molecule has 0 unspecified atom stereocenters. The van der Waals surface area contributed by atoms with E-state index in [1.807, 2.05) is 18.7 Å². The van der Waals surface area contributed by atoms with Crippen molar-refractivity contribution in [3.63, 3.8) is 0 Å². The summed E-state index contributed by atoms with van der Waals surface area (Å²) in [5.41, 5.74) is -0.385. The van der Waals surface area contributed by atoms with Crippen molar-refractivity contribution in [2.75, 3.05) is 25.0 Å². The number of likely N-dealkylation sites (N-methyl/N-ethyl adjacent to an activating group) is 1. The first-order chi connectivity index (χ1) is 8.08. The Morgan fingerprint density at radius 2 is 1.76 bits per heavy atom. The fraction of sp³-hybridized carbons (Fsp3) is 0.417. The third-order valence-electron chi connectivity index (χ3n) is 2.49. The predicted molar refractivity (Wildman–Crippen MR) is 62.8 cm³/mol. The lowest BCUT2D eigenvalue weighted by Crippen LogP contribution is -2.33. The molecule has 0 atom stereocenters.